The maximum atomic E-state index is 12.9. The van der Waals surface area contributed by atoms with Crippen LogP contribution >= 0.6 is 12.4 Å². The summed E-state index contributed by atoms with van der Waals surface area (Å²) >= 11 is 0. The minimum absolute atomic E-state index is 0. The van der Waals surface area contributed by atoms with E-state index in [0.717, 1.165) is 0 Å². The van der Waals surface area contributed by atoms with Gasteiger partial charge < -0.3 is 20.4 Å². The Balaban J connectivity index is 0.00000261. The number of halogens is 1. The van der Waals surface area contributed by atoms with Gasteiger partial charge in [-0.3, -0.25) is 4.79 Å². The van der Waals surface area contributed by atoms with Crippen molar-refractivity contribution >= 4 is 39.4 Å². The third kappa shape index (κ3) is 4.41. The molecule has 3 rings (SSSR count). The lowest BCUT2D eigenvalue weighted by Gasteiger charge is -2.34. The Bertz CT molecular complexity index is 876. The fourth-order valence-electron chi connectivity index (χ4n) is 3.05. The Labute approximate surface area is 164 Å². The van der Waals surface area contributed by atoms with Gasteiger partial charge in [0.2, 0.25) is 15.9 Å². The van der Waals surface area contributed by atoms with Gasteiger partial charge in [-0.25, -0.2) is 13.4 Å². The summed E-state index contributed by atoms with van der Waals surface area (Å²) in [7, 11) is -2.13. The van der Waals surface area contributed by atoms with E-state index >= 15 is 0 Å². The average molecular weight is 418 g/mol. The molecule has 1 atom stereocenters. The van der Waals surface area contributed by atoms with Crippen molar-refractivity contribution in [3.8, 4) is 0 Å². The highest BCUT2D eigenvalue weighted by molar-refractivity contribution is 7.89. The first-order valence-electron chi connectivity index (χ1n) is 8.40. The summed E-state index contributed by atoms with van der Waals surface area (Å²) < 4.78 is 32.4. The van der Waals surface area contributed by atoms with Crippen molar-refractivity contribution in [1.82, 2.24) is 19.2 Å². The van der Waals surface area contributed by atoms with Gasteiger partial charge in [0.15, 0.2) is 0 Å². The van der Waals surface area contributed by atoms with Crippen LogP contribution in [-0.2, 0) is 19.6 Å². The molecule has 3 heterocycles. The van der Waals surface area contributed by atoms with Crippen molar-refractivity contribution in [2.75, 3.05) is 39.8 Å². The normalized spacial score (nSPS) is 16.9. The maximum absolute atomic E-state index is 12.9. The van der Waals surface area contributed by atoms with Crippen LogP contribution in [0, 0.1) is 0 Å². The van der Waals surface area contributed by atoms with E-state index in [1.54, 1.807) is 23.2 Å². The monoisotopic (exact) mass is 417 g/mol. The van der Waals surface area contributed by atoms with Crippen molar-refractivity contribution in [2.45, 2.75) is 17.4 Å². The van der Waals surface area contributed by atoms with E-state index in [9.17, 15) is 13.2 Å². The largest absolute Gasteiger partial charge is 0.380 e. The van der Waals surface area contributed by atoms with E-state index in [-0.39, 0.29) is 55.4 Å². The van der Waals surface area contributed by atoms with E-state index in [0.29, 0.717) is 24.1 Å². The Hall–Kier alpha value is -1.72. The summed E-state index contributed by atoms with van der Waals surface area (Å²) in [6, 6.07) is 3.43. The summed E-state index contributed by atoms with van der Waals surface area (Å²) in [5.41, 5.74) is 6.08. The Kier molecular flexibility index (Phi) is 7.18. The van der Waals surface area contributed by atoms with E-state index in [2.05, 4.69) is 9.97 Å². The summed E-state index contributed by atoms with van der Waals surface area (Å²) in [5, 5.41) is 0.567. The second kappa shape index (κ2) is 8.98. The number of amides is 1. The number of methoxy groups -OCH3 is 1. The Morgan fingerprint density at radius 2 is 2.07 bits per heavy atom. The number of aromatic amines is 1. The first-order valence-corrected chi connectivity index (χ1v) is 9.84. The van der Waals surface area contributed by atoms with Gasteiger partial charge in [0.05, 0.1) is 12.5 Å². The van der Waals surface area contributed by atoms with Gasteiger partial charge in [-0.15, -0.1) is 12.4 Å². The highest BCUT2D eigenvalue weighted by Gasteiger charge is 2.32. The van der Waals surface area contributed by atoms with Crippen LogP contribution in [-0.4, -0.2) is 79.4 Å². The number of nitrogens with zero attached hydrogens (tertiary/aromatic N) is 3. The molecule has 1 saturated heterocycles. The first-order chi connectivity index (χ1) is 12.5. The fraction of sp³-hybridized carbons (Fsp3) is 0.500. The molecule has 0 spiro atoms. The predicted molar refractivity (Wildman–Crippen MR) is 103 cm³/mol. The van der Waals surface area contributed by atoms with Crippen LogP contribution in [0.2, 0.25) is 0 Å². The number of aromatic nitrogens is 2. The van der Waals surface area contributed by atoms with Gasteiger partial charge >= 0.3 is 0 Å². The third-order valence-electron chi connectivity index (χ3n) is 4.62. The van der Waals surface area contributed by atoms with E-state index in [4.69, 9.17) is 10.5 Å². The zero-order valence-electron chi connectivity index (χ0n) is 15.0. The molecule has 1 fully saturated rings. The Morgan fingerprint density at radius 3 is 2.70 bits per heavy atom. The van der Waals surface area contributed by atoms with E-state index in [1.165, 1.54) is 17.6 Å². The van der Waals surface area contributed by atoms with Gasteiger partial charge in [0.25, 0.3) is 0 Å². The van der Waals surface area contributed by atoms with Crippen molar-refractivity contribution in [3.63, 3.8) is 0 Å². The molecule has 27 heavy (non-hydrogen) atoms. The summed E-state index contributed by atoms with van der Waals surface area (Å²) in [5.74, 6) is -0.0735. The van der Waals surface area contributed by atoms with Crippen LogP contribution in [0.5, 0.6) is 0 Å². The topological polar surface area (TPSA) is 122 Å². The molecule has 0 radical (unpaired) electrons. The number of pyridine rings is 1. The van der Waals surface area contributed by atoms with Crippen LogP contribution in [0.3, 0.4) is 0 Å². The molecule has 1 unspecified atom stereocenters. The maximum Gasteiger partial charge on any atom is 0.245 e. The molecule has 11 heteroatoms. The number of H-pyrrole nitrogens is 1. The minimum atomic E-state index is -3.65. The van der Waals surface area contributed by atoms with Crippen LogP contribution < -0.4 is 5.73 Å². The van der Waals surface area contributed by atoms with Crippen molar-refractivity contribution in [2.24, 2.45) is 5.73 Å². The number of hydrogen-bond acceptors (Lipinski definition) is 6. The number of rotatable bonds is 6. The molecular weight excluding hydrogens is 394 g/mol. The predicted octanol–water partition coefficient (Wildman–Crippen LogP) is 0.181. The second-order valence-corrected chi connectivity index (χ2v) is 8.04. The van der Waals surface area contributed by atoms with Gasteiger partial charge in [0, 0.05) is 57.6 Å². The molecule has 9 nitrogen and oxygen atoms in total. The molecule has 0 aromatic carbocycles. The van der Waals surface area contributed by atoms with Crippen molar-refractivity contribution in [1.29, 1.82) is 0 Å². The highest BCUT2D eigenvalue weighted by atomic mass is 35.5. The molecule has 2 aromatic heterocycles. The highest BCUT2D eigenvalue weighted by Crippen LogP contribution is 2.25. The number of nitrogens with two attached hydrogens (primary N) is 1. The second-order valence-electron chi connectivity index (χ2n) is 6.13. The van der Waals surface area contributed by atoms with Crippen molar-refractivity contribution < 1.29 is 17.9 Å². The van der Waals surface area contributed by atoms with Gasteiger partial charge in [-0.2, -0.15) is 4.31 Å². The van der Waals surface area contributed by atoms with Crippen LogP contribution in [0.25, 0.3) is 11.0 Å². The average Bonchev–Trinajstić information content (AvgIpc) is 3.11. The minimum Gasteiger partial charge on any atom is -0.380 e. The molecule has 1 aliphatic rings. The molecule has 2 aromatic rings. The zero-order valence-corrected chi connectivity index (χ0v) is 16.6. The number of nitrogens with one attached hydrogen (secondary N) is 1. The number of ether oxygens (including phenoxy) is 1. The SMILES string of the molecule is COC(CN)CC(=O)N1CCN(S(=O)(=O)c2c[nH]c3ncccc23)CC1.Cl. The van der Waals surface area contributed by atoms with Crippen LogP contribution in [0.4, 0.5) is 0 Å². The lowest BCUT2D eigenvalue weighted by molar-refractivity contribution is -0.134. The molecule has 150 valence electrons. The molecule has 0 saturated carbocycles. The lowest BCUT2D eigenvalue weighted by Crippen LogP contribution is -2.51. The summed E-state index contributed by atoms with van der Waals surface area (Å²) in [6.07, 6.45) is 2.96. The van der Waals surface area contributed by atoms with Crippen LogP contribution in [0.1, 0.15) is 6.42 Å². The zero-order chi connectivity index (χ0) is 18.7. The third-order valence-corrected chi connectivity index (χ3v) is 6.56. The number of carbonyl (C=O) groups is 1. The van der Waals surface area contributed by atoms with Crippen molar-refractivity contribution in [3.05, 3.63) is 24.5 Å². The Morgan fingerprint density at radius 1 is 1.37 bits per heavy atom. The fourth-order valence-corrected chi connectivity index (χ4v) is 4.62. The quantitative estimate of drug-likeness (QED) is 0.691. The van der Waals surface area contributed by atoms with Gasteiger partial charge in [-0.1, -0.05) is 0 Å². The number of piperazine rings is 1. The standard InChI is InChI=1S/C16H23N5O4S.ClH/c1-25-12(10-17)9-15(22)20-5-7-21(8-6-20)26(23,24)14-11-19-16-13(14)3-2-4-18-16;/h2-4,11-12H,5-10,17H2,1H3,(H,18,19);1H. The first kappa shape index (κ1) is 21.6. The number of sulfonamides is 1. The molecule has 3 N–H and O–H groups in total. The summed E-state index contributed by atoms with van der Waals surface area (Å²) in [4.78, 5) is 21.2. The smallest absolute Gasteiger partial charge is 0.245 e. The lowest BCUT2D eigenvalue weighted by atomic mass is 10.2. The molecule has 0 bridgehead atoms. The van der Waals surface area contributed by atoms with Crippen LogP contribution in [0.15, 0.2) is 29.4 Å². The van der Waals surface area contributed by atoms with Gasteiger partial charge in [-0.05, 0) is 12.1 Å². The number of fused-ring (bicyclic) bond motifs is 1. The van der Waals surface area contributed by atoms with E-state index in [1.807, 2.05) is 0 Å². The molecule has 1 amide bonds. The summed E-state index contributed by atoms with van der Waals surface area (Å²) in [6.45, 7) is 1.47. The molecule has 1 aliphatic heterocycles. The van der Waals surface area contributed by atoms with E-state index < -0.39 is 10.0 Å². The number of carbonyl (C=O) groups excluding carboxylic acids is 1. The molecule has 0 aliphatic carbocycles. The number of hydrogen-bond donors (Lipinski definition) is 2. The van der Waals surface area contributed by atoms with Gasteiger partial charge in [0.1, 0.15) is 10.5 Å². The molecular formula is C16H24ClN5O4S.